The number of rotatable bonds is 4. The molecule has 1 aromatic heterocycles. The van der Waals surface area contributed by atoms with Gasteiger partial charge in [-0.25, -0.2) is 8.78 Å². The third-order valence-electron chi connectivity index (χ3n) is 4.98. The summed E-state index contributed by atoms with van der Waals surface area (Å²) in [6.07, 6.45) is 0.487. The van der Waals surface area contributed by atoms with Crippen LogP contribution in [0, 0.1) is 11.6 Å². The van der Waals surface area contributed by atoms with Crippen LogP contribution in [0.4, 0.5) is 8.78 Å². The Morgan fingerprint density at radius 3 is 2.45 bits per heavy atom. The molecule has 2 atom stereocenters. The standard InChI is InChI=1S/C22H21F2N3O2/c1-22(2,3)21-26-20(29-27-21)13-8-5-4-7-12(13)19(28)25-17-11-14(17)18-15(23)9-6-10-16(18)24/h4-10,14,17H,11H2,1-3H3,(H,25,28)/t14-,17+/m0/s1. The summed E-state index contributed by atoms with van der Waals surface area (Å²) in [4.78, 5) is 17.3. The van der Waals surface area contributed by atoms with Gasteiger partial charge in [0.2, 0.25) is 0 Å². The summed E-state index contributed by atoms with van der Waals surface area (Å²) in [5, 5.41) is 6.87. The Morgan fingerprint density at radius 1 is 1.10 bits per heavy atom. The molecule has 29 heavy (non-hydrogen) atoms. The first-order valence-corrected chi connectivity index (χ1v) is 9.44. The van der Waals surface area contributed by atoms with Crippen molar-refractivity contribution in [2.75, 3.05) is 0 Å². The van der Waals surface area contributed by atoms with E-state index in [9.17, 15) is 13.6 Å². The van der Waals surface area contributed by atoms with Crippen molar-refractivity contribution >= 4 is 5.91 Å². The summed E-state index contributed by atoms with van der Waals surface area (Å²) in [6.45, 7) is 5.90. The van der Waals surface area contributed by atoms with Gasteiger partial charge in [-0.05, 0) is 30.7 Å². The Balaban J connectivity index is 1.55. The van der Waals surface area contributed by atoms with E-state index in [1.54, 1.807) is 24.3 Å². The highest BCUT2D eigenvalue weighted by Crippen LogP contribution is 2.43. The molecule has 1 amide bonds. The quantitative estimate of drug-likeness (QED) is 0.699. The van der Waals surface area contributed by atoms with E-state index in [-0.39, 0.29) is 34.7 Å². The fourth-order valence-corrected chi connectivity index (χ4v) is 3.29. The summed E-state index contributed by atoms with van der Waals surface area (Å²) >= 11 is 0. The smallest absolute Gasteiger partial charge is 0.258 e. The van der Waals surface area contributed by atoms with Crippen molar-refractivity contribution in [2.24, 2.45) is 0 Å². The number of nitrogens with zero attached hydrogens (tertiary/aromatic N) is 2. The summed E-state index contributed by atoms with van der Waals surface area (Å²) in [5.41, 5.74) is 0.626. The minimum Gasteiger partial charge on any atom is -0.349 e. The van der Waals surface area contributed by atoms with Gasteiger partial charge in [0.1, 0.15) is 11.6 Å². The van der Waals surface area contributed by atoms with E-state index < -0.39 is 11.6 Å². The molecule has 3 aromatic rings. The maximum atomic E-state index is 14.0. The number of aromatic nitrogens is 2. The second-order valence-electron chi connectivity index (χ2n) is 8.28. The largest absolute Gasteiger partial charge is 0.349 e. The monoisotopic (exact) mass is 397 g/mol. The maximum absolute atomic E-state index is 14.0. The van der Waals surface area contributed by atoms with Crippen LogP contribution in [0.1, 0.15) is 54.9 Å². The van der Waals surface area contributed by atoms with Crippen molar-refractivity contribution in [1.82, 2.24) is 15.5 Å². The summed E-state index contributed by atoms with van der Waals surface area (Å²) in [6, 6.07) is 10.4. The van der Waals surface area contributed by atoms with Gasteiger partial charge in [0, 0.05) is 22.9 Å². The zero-order valence-electron chi connectivity index (χ0n) is 16.4. The summed E-state index contributed by atoms with van der Waals surface area (Å²) in [5.74, 6) is -1.10. The molecule has 0 saturated heterocycles. The van der Waals surface area contributed by atoms with Gasteiger partial charge in [-0.15, -0.1) is 0 Å². The lowest BCUT2D eigenvalue weighted by Crippen LogP contribution is -2.27. The molecule has 0 spiro atoms. The van der Waals surface area contributed by atoms with Gasteiger partial charge in [0.05, 0.1) is 11.1 Å². The van der Waals surface area contributed by atoms with Crippen LogP contribution in [-0.2, 0) is 5.41 Å². The topological polar surface area (TPSA) is 68.0 Å². The number of nitrogens with one attached hydrogen (secondary N) is 1. The zero-order chi connectivity index (χ0) is 20.8. The number of hydrogen-bond acceptors (Lipinski definition) is 4. The number of carbonyl (C=O) groups is 1. The van der Waals surface area contributed by atoms with Crippen LogP contribution in [0.5, 0.6) is 0 Å². The van der Waals surface area contributed by atoms with E-state index >= 15 is 0 Å². The van der Waals surface area contributed by atoms with Gasteiger partial charge in [0.25, 0.3) is 11.8 Å². The SMILES string of the molecule is CC(C)(C)c1noc(-c2ccccc2C(=O)N[C@@H]2C[C@@H]2c2c(F)cccc2F)n1. The van der Waals surface area contributed by atoms with Crippen molar-refractivity contribution in [2.45, 2.75) is 44.6 Å². The van der Waals surface area contributed by atoms with Crippen molar-refractivity contribution < 1.29 is 18.1 Å². The van der Waals surface area contributed by atoms with Crippen molar-refractivity contribution in [3.63, 3.8) is 0 Å². The molecule has 0 radical (unpaired) electrons. The number of carbonyl (C=O) groups excluding carboxylic acids is 1. The number of amides is 1. The average Bonchev–Trinajstić information content (AvgIpc) is 3.20. The Morgan fingerprint density at radius 2 is 1.79 bits per heavy atom. The normalized spacial score (nSPS) is 18.5. The molecule has 0 aliphatic heterocycles. The van der Waals surface area contributed by atoms with Crippen molar-refractivity contribution in [3.8, 4) is 11.5 Å². The molecule has 0 unspecified atom stereocenters. The number of halogens is 2. The zero-order valence-corrected chi connectivity index (χ0v) is 16.4. The highest BCUT2D eigenvalue weighted by atomic mass is 19.1. The van der Waals surface area contributed by atoms with Gasteiger partial charge in [-0.1, -0.05) is 44.1 Å². The molecular formula is C22H21F2N3O2. The van der Waals surface area contributed by atoms with E-state index in [1.165, 1.54) is 18.2 Å². The second-order valence-corrected chi connectivity index (χ2v) is 8.28. The van der Waals surface area contributed by atoms with Gasteiger partial charge < -0.3 is 9.84 Å². The van der Waals surface area contributed by atoms with E-state index in [1.807, 2.05) is 20.8 Å². The Labute approximate surface area is 167 Å². The van der Waals surface area contributed by atoms with Crippen molar-refractivity contribution in [3.05, 3.63) is 71.1 Å². The first-order chi connectivity index (χ1) is 13.8. The summed E-state index contributed by atoms with van der Waals surface area (Å²) in [7, 11) is 0. The predicted octanol–water partition coefficient (Wildman–Crippen LogP) is 4.60. The van der Waals surface area contributed by atoms with Gasteiger partial charge in [0.15, 0.2) is 5.82 Å². The average molecular weight is 397 g/mol. The molecule has 0 bridgehead atoms. The fraction of sp³-hybridized carbons (Fsp3) is 0.318. The van der Waals surface area contributed by atoms with Crippen LogP contribution in [0.3, 0.4) is 0 Å². The lowest BCUT2D eigenvalue weighted by Gasteiger charge is -2.11. The molecule has 1 saturated carbocycles. The van der Waals surface area contributed by atoms with Crippen LogP contribution in [-0.4, -0.2) is 22.1 Å². The highest BCUT2D eigenvalue weighted by Gasteiger charge is 2.43. The lowest BCUT2D eigenvalue weighted by molar-refractivity contribution is 0.0950. The van der Waals surface area contributed by atoms with Gasteiger partial charge in [-0.2, -0.15) is 4.98 Å². The van der Waals surface area contributed by atoms with Crippen molar-refractivity contribution in [1.29, 1.82) is 0 Å². The van der Waals surface area contributed by atoms with Gasteiger partial charge >= 0.3 is 0 Å². The minimum absolute atomic E-state index is 0.0257. The van der Waals surface area contributed by atoms with Crippen LogP contribution in [0.15, 0.2) is 47.0 Å². The van der Waals surface area contributed by atoms with Crippen LogP contribution in [0.25, 0.3) is 11.5 Å². The molecule has 1 aliphatic carbocycles. The molecule has 5 nitrogen and oxygen atoms in total. The predicted molar refractivity (Wildman–Crippen MR) is 103 cm³/mol. The molecular weight excluding hydrogens is 376 g/mol. The molecule has 1 N–H and O–H groups in total. The second kappa shape index (κ2) is 7.06. The minimum atomic E-state index is -0.590. The molecule has 4 rings (SSSR count). The third kappa shape index (κ3) is 3.77. The molecule has 2 aromatic carbocycles. The highest BCUT2D eigenvalue weighted by molar-refractivity contribution is 6.00. The maximum Gasteiger partial charge on any atom is 0.258 e. The first-order valence-electron chi connectivity index (χ1n) is 9.44. The first kappa shape index (κ1) is 19.2. The van der Waals surface area contributed by atoms with Gasteiger partial charge in [-0.3, -0.25) is 4.79 Å². The molecule has 150 valence electrons. The van der Waals surface area contributed by atoms with E-state index in [0.29, 0.717) is 23.4 Å². The lowest BCUT2D eigenvalue weighted by atomic mass is 9.96. The number of hydrogen-bond donors (Lipinski definition) is 1. The Hall–Kier alpha value is -3.09. The Bertz CT molecular complexity index is 1050. The third-order valence-corrected chi connectivity index (χ3v) is 4.98. The molecule has 1 fully saturated rings. The molecule has 1 heterocycles. The summed E-state index contributed by atoms with van der Waals surface area (Å²) < 4.78 is 33.3. The van der Waals surface area contributed by atoms with Crippen LogP contribution >= 0.6 is 0 Å². The molecule has 7 heteroatoms. The number of benzene rings is 2. The Kier molecular flexibility index (Phi) is 4.68. The van der Waals surface area contributed by atoms with Crippen LogP contribution < -0.4 is 5.32 Å². The van der Waals surface area contributed by atoms with E-state index in [4.69, 9.17) is 4.52 Å². The van der Waals surface area contributed by atoms with E-state index in [2.05, 4.69) is 15.5 Å². The van der Waals surface area contributed by atoms with Crippen LogP contribution in [0.2, 0.25) is 0 Å². The van der Waals surface area contributed by atoms with E-state index in [0.717, 1.165) is 0 Å². The molecule has 1 aliphatic rings. The fourth-order valence-electron chi connectivity index (χ4n) is 3.29.